The molecule has 3 aromatic rings. The minimum absolute atomic E-state index is 0.0908. The number of anilines is 2. The minimum Gasteiger partial charge on any atom is -0.459 e. The van der Waals surface area contributed by atoms with Gasteiger partial charge in [0.1, 0.15) is 5.50 Å². The summed E-state index contributed by atoms with van der Waals surface area (Å²) in [6.07, 6.45) is 2.59. The molecule has 1 saturated heterocycles. The van der Waals surface area contributed by atoms with Gasteiger partial charge in [-0.25, -0.2) is 4.79 Å². The van der Waals surface area contributed by atoms with Gasteiger partial charge in [-0.05, 0) is 61.4 Å². The molecule has 0 aliphatic carbocycles. The Hall–Kier alpha value is -3.69. The molecule has 0 bridgehead atoms. The zero-order valence-corrected chi connectivity index (χ0v) is 23.1. The Morgan fingerprint density at radius 1 is 1.00 bits per heavy atom. The summed E-state index contributed by atoms with van der Waals surface area (Å²) in [5.41, 5.74) is 1.83. The SMILES string of the molecule is CCNC(=O)N1CCCN(c2ccc(C(=O)NC(Cl)Cc3ccc(Cl)cc3)cc2NC(=O)c2ccco2)CC1. The number of amides is 4. The first-order valence-corrected chi connectivity index (χ1v) is 13.6. The molecule has 1 aromatic heterocycles. The number of nitrogens with zero attached hydrogens (tertiary/aromatic N) is 2. The molecule has 0 spiro atoms. The lowest BCUT2D eigenvalue weighted by molar-refractivity contribution is 0.0947. The second kappa shape index (κ2) is 13.4. The molecule has 2 aromatic carbocycles. The molecule has 1 fully saturated rings. The van der Waals surface area contributed by atoms with Gasteiger partial charge in [-0.3, -0.25) is 9.59 Å². The maximum Gasteiger partial charge on any atom is 0.317 e. The van der Waals surface area contributed by atoms with Crippen LogP contribution in [0.15, 0.2) is 65.3 Å². The van der Waals surface area contributed by atoms with Crippen molar-refractivity contribution in [2.24, 2.45) is 0 Å². The Bertz CT molecular complexity index is 1280. The lowest BCUT2D eigenvalue weighted by Gasteiger charge is -2.26. The van der Waals surface area contributed by atoms with Crippen LogP contribution in [0.1, 0.15) is 39.8 Å². The van der Waals surface area contributed by atoms with Crippen molar-refractivity contribution < 1.29 is 18.8 Å². The van der Waals surface area contributed by atoms with E-state index < -0.39 is 11.4 Å². The average Bonchev–Trinajstić information content (AvgIpc) is 3.35. The Kier molecular flexibility index (Phi) is 9.73. The molecular weight excluding hydrogens is 541 g/mol. The third-order valence-corrected chi connectivity index (χ3v) is 6.83. The summed E-state index contributed by atoms with van der Waals surface area (Å²) < 4.78 is 5.25. The van der Waals surface area contributed by atoms with Crippen molar-refractivity contribution in [1.29, 1.82) is 0 Å². The highest BCUT2D eigenvalue weighted by Crippen LogP contribution is 2.29. The van der Waals surface area contributed by atoms with Crippen LogP contribution in [-0.2, 0) is 6.42 Å². The highest BCUT2D eigenvalue weighted by Gasteiger charge is 2.23. The summed E-state index contributed by atoms with van der Waals surface area (Å²) in [4.78, 5) is 42.2. The number of urea groups is 1. The van der Waals surface area contributed by atoms with Crippen molar-refractivity contribution in [3.05, 3.63) is 82.8 Å². The summed E-state index contributed by atoms with van der Waals surface area (Å²) in [6.45, 7) is 4.85. The van der Waals surface area contributed by atoms with E-state index in [1.807, 2.05) is 19.1 Å². The van der Waals surface area contributed by atoms with E-state index in [4.69, 9.17) is 27.6 Å². The Labute approximate surface area is 237 Å². The summed E-state index contributed by atoms with van der Waals surface area (Å²) >= 11 is 12.4. The van der Waals surface area contributed by atoms with E-state index in [1.54, 1.807) is 47.4 Å². The van der Waals surface area contributed by atoms with Crippen LogP contribution in [0.3, 0.4) is 0 Å². The number of nitrogens with one attached hydrogen (secondary N) is 3. The van der Waals surface area contributed by atoms with Crippen LogP contribution in [0.2, 0.25) is 5.02 Å². The summed E-state index contributed by atoms with van der Waals surface area (Å²) in [6, 6.07) is 15.5. The zero-order chi connectivity index (χ0) is 27.8. The molecule has 4 amide bonds. The topological polar surface area (TPSA) is 107 Å². The molecule has 3 N–H and O–H groups in total. The van der Waals surface area contributed by atoms with Gasteiger partial charge in [0.05, 0.1) is 17.6 Å². The molecule has 1 aliphatic heterocycles. The molecule has 11 heteroatoms. The van der Waals surface area contributed by atoms with Crippen molar-refractivity contribution in [1.82, 2.24) is 15.5 Å². The normalized spacial score (nSPS) is 14.3. The second-order valence-corrected chi connectivity index (χ2v) is 10.1. The number of carbonyl (C=O) groups excluding carboxylic acids is 3. The number of hydrogen-bond donors (Lipinski definition) is 3. The monoisotopic (exact) mass is 571 g/mol. The van der Waals surface area contributed by atoms with Gasteiger partial charge >= 0.3 is 6.03 Å². The first-order chi connectivity index (χ1) is 18.8. The van der Waals surface area contributed by atoms with Crippen LogP contribution in [0, 0.1) is 0 Å². The van der Waals surface area contributed by atoms with Gasteiger partial charge in [0.25, 0.3) is 11.8 Å². The lowest BCUT2D eigenvalue weighted by atomic mass is 10.1. The highest BCUT2D eigenvalue weighted by molar-refractivity contribution is 6.30. The fourth-order valence-corrected chi connectivity index (χ4v) is 4.78. The van der Waals surface area contributed by atoms with E-state index in [0.717, 1.165) is 17.7 Å². The molecule has 1 aliphatic rings. The number of alkyl halides is 1. The second-order valence-electron chi connectivity index (χ2n) is 9.10. The van der Waals surface area contributed by atoms with Crippen LogP contribution in [0.5, 0.6) is 0 Å². The van der Waals surface area contributed by atoms with Gasteiger partial charge in [-0.15, -0.1) is 0 Å². The van der Waals surface area contributed by atoms with E-state index in [-0.39, 0.29) is 17.7 Å². The van der Waals surface area contributed by atoms with Crippen LogP contribution < -0.4 is 20.9 Å². The van der Waals surface area contributed by atoms with E-state index in [9.17, 15) is 14.4 Å². The molecule has 206 valence electrons. The van der Waals surface area contributed by atoms with Crippen LogP contribution in [-0.4, -0.2) is 61.0 Å². The molecule has 4 rings (SSSR count). The summed E-state index contributed by atoms with van der Waals surface area (Å²) in [5.74, 6) is -0.657. The Morgan fingerprint density at radius 3 is 2.51 bits per heavy atom. The Balaban J connectivity index is 1.52. The average molecular weight is 572 g/mol. The molecule has 0 radical (unpaired) electrons. The zero-order valence-electron chi connectivity index (χ0n) is 21.6. The highest BCUT2D eigenvalue weighted by atomic mass is 35.5. The molecule has 0 saturated carbocycles. The molecular formula is C28H31Cl2N5O4. The maximum atomic E-state index is 13.1. The quantitative estimate of drug-likeness (QED) is 0.261. The minimum atomic E-state index is -0.648. The number of benzene rings is 2. The number of halogens is 2. The predicted octanol–water partition coefficient (Wildman–Crippen LogP) is 4.96. The third kappa shape index (κ3) is 7.68. The van der Waals surface area contributed by atoms with E-state index in [2.05, 4.69) is 20.9 Å². The fraction of sp³-hybridized carbons (Fsp3) is 0.321. The molecule has 2 heterocycles. The van der Waals surface area contributed by atoms with Crippen molar-refractivity contribution in [2.45, 2.75) is 25.3 Å². The van der Waals surface area contributed by atoms with E-state index in [0.29, 0.717) is 55.4 Å². The number of rotatable bonds is 8. The third-order valence-electron chi connectivity index (χ3n) is 6.32. The van der Waals surface area contributed by atoms with Gasteiger partial charge in [0.15, 0.2) is 5.76 Å². The summed E-state index contributed by atoms with van der Waals surface area (Å²) in [7, 11) is 0. The molecule has 39 heavy (non-hydrogen) atoms. The molecule has 9 nitrogen and oxygen atoms in total. The van der Waals surface area contributed by atoms with Gasteiger partial charge in [-0.2, -0.15) is 0 Å². The summed E-state index contributed by atoms with van der Waals surface area (Å²) in [5, 5.41) is 9.16. The fourth-order valence-electron chi connectivity index (χ4n) is 4.37. The first-order valence-electron chi connectivity index (χ1n) is 12.8. The predicted molar refractivity (Wildman–Crippen MR) is 153 cm³/mol. The largest absolute Gasteiger partial charge is 0.459 e. The van der Waals surface area contributed by atoms with Crippen LogP contribution in [0.25, 0.3) is 0 Å². The molecule has 1 unspecified atom stereocenters. The standard InChI is InChI=1S/C28H31Cl2N5O4/c1-2-31-28(38)35-13-4-12-34(14-15-35)23-11-8-20(18-22(23)32-27(37)24-5-3-16-39-24)26(36)33-25(30)17-19-6-9-21(29)10-7-19/h3,5-11,16,18,25H,2,4,12-15,17H2,1H3,(H,31,38)(H,32,37)(H,33,36). The number of carbonyl (C=O) groups is 3. The smallest absolute Gasteiger partial charge is 0.317 e. The van der Waals surface area contributed by atoms with Crippen molar-refractivity contribution in [3.63, 3.8) is 0 Å². The first kappa shape index (κ1) is 28.3. The van der Waals surface area contributed by atoms with Crippen molar-refractivity contribution in [2.75, 3.05) is 42.9 Å². The number of hydrogen-bond acceptors (Lipinski definition) is 5. The van der Waals surface area contributed by atoms with Crippen LogP contribution in [0.4, 0.5) is 16.2 Å². The van der Waals surface area contributed by atoms with Gasteiger partial charge < -0.3 is 30.2 Å². The van der Waals surface area contributed by atoms with Crippen molar-refractivity contribution >= 4 is 52.4 Å². The van der Waals surface area contributed by atoms with Gasteiger partial charge in [0, 0.05) is 49.7 Å². The van der Waals surface area contributed by atoms with Gasteiger partial charge in [-0.1, -0.05) is 35.3 Å². The van der Waals surface area contributed by atoms with Crippen LogP contribution >= 0.6 is 23.2 Å². The lowest BCUT2D eigenvalue weighted by Crippen LogP contribution is -2.42. The van der Waals surface area contributed by atoms with Gasteiger partial charge in [0.2, 0.25) is 0 Å². The molecule has 1 atom stereocenters. The van der Waals surface area contributed by atoms with Crippen molar-refractivity contribution in [3.8, 4) is 0 Å². The van der Waals surface area contributed by atoms with E-state index in [1.165, 1.54) is 6.26 Å². The number of furan rings is 1. The maximum absolute atomic E-state index is 13.1. The Morgan fingerprint density at radius 2 is 1.79 bits per heavy atom. The van der Waals surface area contributed by atoms with E-state index >= 15 is 0 Å².